The van der Waals surface area contributed by atoms with E-state index >= 15 is 0 Å². The van der Waals surface area contributed by atoms with Crippen LogP contribution in [0, 0.1) is 5.92 Å². The number of imidazole rings is 1. The van der Waals surface area contributed by atoms with Crippen molar-refractivity contribution in [3.63, 3.8) is 0 Å². The first-order valence-corrected chi connectivity index (χ1v) is 6.37. The number of carbonyl (C=O) groups is 1. The number of esters is 1. The van der Waals surface area contributed by atoms with Crippen LogP contribution in [0.15, 0.2) is 24.8 Å². The van der Waals surface area contributed by atoms with Gasteiger partial charge in [0.05, 0.1) is 25.9 Å². The van der Waals surface area contributed by atoms with E-state index in [4.69, 9.17) is 10.5 Å². The number of fused-ring (bicyclic) bond motifs is 1. The topological polar surface area (TPSA) is 95.9 Å². The molecule has 0 aromatic carbocycles. The van der Waals surface area contributed by atoms with Crippen LogP contribution in [-0.2, 0) is 9.53 Å². The van der Waals surface area contributed by atoms with Crippen molar-refractivity contribution in [2.45, 2.75) is 18.9 Å². The summed E-state index contributed by atoms with van der Waals surface area (Å²) in [6, 6.07) is 0.129. The maximum atomic E-state index is 11.3. The molecule has 2 aromatic heterocycles. The van der Waals surface area contributed by atoms with Crippen molar-refractivity contribution in [1.82, 2.24) is 19.5 Å². The van der Waals surface area contributed by atoms with Gasteiger partial charge in [0.15, 0.2) is 11.5 Å². The van der Waals surface area contributed by atoms with Gasteiger partial charge in [-0.25, -0.2) is 15.0 Å². The maximum Gasteiger partial charge on any atom is 0.306 e. The number of methoxy groups -OCH3 is 1. The van der Waals surface area contributed by atoms with Gasteiger partial charge in [-0.05, 0) is 12.3 Å². The van der Waals surface area contributed by atoms with E-state index in [1.807, 2.05) is 10.6 Å². The highest BCUT2D eigenvalue weighted by Crippen LogP contribution is 2.32. The molecule has 20 heavy (non-hydrogen) atoms. The Balaban J connectivity index is 1.82. The molecule has 2 N–H and O–H groups in total. The molecule has 7 heteroatoms. The SMILES string of the molecule is COC(=O)C[C@@H]1C=C[C@@H](n2cnc3c(N)ncnc32)C1. The molecule has 1 aliphatic carbocycles. The fourth-order valence-corrected chi connectivity index (χ4v) is 2.52. The summed E-state index contributed by atoms with van der Waals surface area (Å²) >= 11 is 0. The smallest absolute Gasteiger partial charge is 0.306 e. The maximum absolute atomic E-state index is 11.3. The molecule has 1 aliphatic rings. The lowest BCUT2D eigenvalue weighted by atomic mass is 10.0. The second-order valence-corrected chi connectivity index (χ2v) is 4.81. The van der Waals surface area contributed by atoms with Gasteiger partial charge in [0.1, 0.15) is 11.8 Å². The molecule has 0 radical (unpaired) electrons. The number of nitrogens with zero attached hydrogens (tertiary/aromatic N) is 4. The third-order valence-corrected chi connectivity index (χ3v) is 3.55. The lowest BCUT2D eigenvalue weighted by Gasteiger charge is -2.13. The number of nitrogens with two attached hydrogens (primary N) is 1. The molecular weight excluding hydrogens is 258 g/mol. The first-order valence-electron chi connectivity index (χ1n) is 6.37. The number of ether oxygens (including phenoxy) is 1. The standard InChI is InChI=1S/C13H15N5O2/c1-20-10(19)5-8-2-3-9(4-8)18-7-17-11-12(14)15-6-16-13(11)18/h2-3,6-9H,4-5H2,1H3,(H2,14,15,16)/t8-,9-/m1/s1. The molecule has 0 aliphatic heterocycles. The third-order valence-electron chi connectivity index (χ3n) is 3.55. The Bertz CT molecular complexity index is 678. The van der Waals surface area contributed by atoms with Crippen molar-refractivity contribution >= 4 is 23.0 Å². The van der Waals surface area contributed by atoms with E-state index in [0.29, 0.717) is 23.4 Å². The van der Waals surface area contributed by atoms with Gasteiger partial charge in [-0.3, -0.25) is 4.79 Å². The fraction of sp³-hybridized carbons (Fsp3) is 0.385. The summed E-state index contributed by atoms with van der Waals surface area (Å²) in [6.45, 7) is 0. The molecule has 0 saturated carbocycles. The summed E-state index contributed by atoms with van der Waals surface area (Å²) < 4.78 is 6.65. The van der Waals surface area contributed by atoms with E-state index in [0.717, 1.165) is 6.42 Å². The van der Waals surface area contributed by atoms with Crippen LogP contribution < -0.4 is 5.73 Å². The van der Waals surface area contributed by atoms with E-state index in [1.165, 1.54) is 13.4 Å². The minimum Gasteiger partial charge on any atom is -0.469 e. The van der Waals surface area contributed by atoms with Gasteiger partial charge < -0.3 is 15.0 Å². The Morgan fingerprint density at radius 1 is 1.45 bits per heavy atom. The van der Waals surface area contributed by atoms with Crippen molar-refractivity contribution in [3.05, 3.63) is 24.8 Å². The summed E-state index contributed by atoms with van der Waals surface area (Å²) in [6.07, 6.45) is 8.47. The number of aromatic nitrogens is 4. The summed E-state index contributed by atoms with van der Waals surface area (Å²) in [4.78, 5) is 23.7. The van der Waals surface area contributed by atoms with Crippen molar-refractivity contribution in [3.8, 4) is 0 Å². The van der Waals surface area contributed by atoms with E-state index in [9.17, 15) is 4.79 Å². The average molecular weight is 273 g/mol. The molecule has 0 fully saturated rings. The Morgan fingerprint density at radius 2 is 2.30 bits per heavy atom. The lowest BCUT2D eigenvalue weighted by Crippen LogP contribution is -2.10. The Labute approximate surface area is 115 Å². The summed E-state index contributed by atoms with van der Waals surface area (Å²) in [5.74, 6) is 0.369. The Morgan fingerprint density at radius 3 is 3.10 bits per heavy atom. The first-order chi connectivity index (χ1) is 9.69. The van der Waals surface area contributed by atoms with Gasteiger partial charge in [0.25, 0.3) is 0 Å². The molecule has 0 unspecified atom stereocenters. The zero-order valence-corrected chi connectivity index (χ0v) is 11.1. The molecule has 104 valence electrons. The van der Waals surface area contributed by atoms with Crippen molar-refractivity contribution < 1.29 is 9.53 Å². The van der Waals surface area contributed by atoms with E-state index < -0.39 is 0 Å². The normalized spacial score (nSPS) is 21.4. The highest BCUT2D eigenvalue weighted by atomic mass is 16.5. The molecule has 0 spiro atoms. The molecular formula is C13H15N5O2. The van der Waals surface area contributed by atoms with Crippen molar-refractivity contribution in [2.75, 3.05) is 12.8 Å². The van der Waals surface area contributed by atoms with Crippen LogP contribution in [0.5, 0.6) is 0 Å². The van der Waals surface area contributed by atoms with Gasteiger partial charge in [0.2, 0.25) is 0 Å². The van der Waals surface area contributed by atoms with Crippen LogP contribution in [0.1, 0.15) is 18.9 Å². The molecule has 2 atom stereocenters. The quantitative estimate of drug-likeness (QED) is 0.664. The minimum absolute atomic E-state index is 0.129. The second kappa shape index (κ2) is 4.92. The predicted octanol–water partition coefficient (Wildman–Crippen LogP) is 1.09. The Kier molecular flexibility index (Phi) is 3.09. The van der Waals surface area contributed by atoms with Crippen molar-refractivity contribution in [1.29, 1.82) is 0 Å². The number of anilines is 1. The summed E-state index contributed by atoms with van der Waals surface area (Å²) in [7, 11) is 1.40. The number of rotatable bonds is 3. The zero-order chi connectivity index (χ0) is 14.1. The predicted molar refractivity (Wildman–Crippen MR) is 72.7 cm³/mol. The molecule has 0 amide bonds. The summed E-state index contributed by atoms with van der Waals surface area (Å²) in [5, 5.41) is 0. The Hall–Kier alpha value is -2.44. The van der Waals surface area contributed by atoms with Crippen LogP contribution in [0.2, 0.25) is 0 Å². The average Bonchev–Trinajstić information content (AvgIpc) is 3.05. The largest absolute Gasteiger partial charge is 0.469 e. The van der Waals surface area contributed by atoms with Gasteiger partial charge in [0, 0.05) is 0 Å². The van der Waals surface area contributed by atoms with Gasteiger partial charge >= 0.3 is 5.97 Å². The number of allylic oxidation sites excluding steroid dienone is 2. The van der Waals surface area contributed by atoms with E-state index in [1.54, 1.807) is 6.33 Å². The van der Waals surface area contributed by atoms with Crippen molar-refractivity contribution in [2.24, 2.45) is 5.92 Å². The number of carbonyl (C=O) groups excluding carboxylic acids is 1. The molecule has 3 rings (SSSR count). The van der Waals surface area contributed by atoms with Crippen LogP contribution in [-0.4, -0.2) is 32.6 Å². The number of hydrogen-bond acceptors (Lipinski definition) is 6. The molecule has 7 nitrogen and oxygen atoms in total. The van der Waals surface area contributed by atoms with E-state index in [2.05, 4.69) is 21.0 Å². The zero-order valence-electron chi connectivity index (χ0n) is 11.1. The molecule has 2 aromatic rings. The molecule has 0 bridgehead atoms. The highest BCUT2D eigenvalue weighted by molar-refractivity contribution is 5.81. The van der Waals surface area contributed by atoms with Crippen LogP contribution >= 0.6 is 0 Å². The van der Waals surface area contributed by atoms with Crippen LogP contribution in [0.25, 0.3) is 11.2 Å². The lowest BCUT2D eigenvalue weighted by molar-refractivity contribution is -0.141. The first kappa shape index (κ1) is 12.6. The van der Waals surface area contributed by atoms with Crippen LogP contribution in [0.4, 0.5) is 5.82 Å². The van der Waals surface area contributed by atoms with Gasteiger partial charge in [-0.2, -0.15) is 0 Å². The number of nitrogen functional groups attached to an aromatic ring is 1. The van der Waals surface area contributed by atoms with E-state index in [-0.39, 0.29) is 17.9 Å². The monoisotopic (exact) mass is 273 g/mol. The highest BCUT2D eigenvalue weighted by Gasteiger charge is 2.24. The molecule has 0 saturated heterocycles. The van der Waals surface area contributed by atoms with Gasteiger partial charge in [-0.1, -0.05) is 12.2 Å². The number of hydrogen-bond donors (Lipinski definition) is 1. The van der Waals surface area contributed by atoms with Crippen LogP contribution in [0.3, 0.4) is 0 Å². The van der Waals surface area contributed by atoms with Gasteiger partial charge in [-0.15, -0.1) is 0 Å². The fourth-order valence-electron chi connectivity index (χ4n) is 2.52. The summed E-state index contributed by atoms with van der Waals surface area (Å²) in [5.41, 5.74) is 7.10. The molecule has 2 heterocycles. The third kappa shape index (κ3) is 2.11. The second-order valence-electron chi connectivity index (χ2n) is 4.81. The minimum atomic E-state index is -0.192.